The van der Waals surface area contributed by atoms with E-state index in [1.807, 2.05) is 13.8 Å². The highest BCUT2D eigenvalue weighted by atomic mass is 16.2. The Kier molecular flexibility index (Phi) is 4.97. The van der Waals surface area contributed by atoms with Crippen LogP contribution in [0.4, 0.5) is 4.79 Å². The Hall–Kier alpha value is -1.26. The molecule has 0 aliphatic carbocycles. The van der Waals surface area contributed by atoms with Crippen molar-refractivity contribution in [3.8, 4) is 0 Å². The monoisotopic (exact) mass is 200 g/mol. The molecule has 0 heterocycles. The second-order valence-corrected chi connectivity index (χ2v) is 3.49. The van der Waals surface area contributed by atoms with Crippen molar-refractivity contribution in [2.24, 2.45) is 5.73 Å². The summed E-state index contributed by atoms with van der Waals surface area (Å²) in [6, 6.07) is -0.0738. The van der Waals surface area contributed by atoms with Crippen molar-refractivity contribution in [1.29, 1.82) is 5.41 Å². The predicted molar refractivity (Wildman–Crippen MR) is 57.5 cm³/mol. The van der Waals surface area contributed by atoms with Crippen LogP contribution in [0, 0.1) is 5.41 Å². The summed E-state index contributed by atoms with van der Waals surface area (Å²) in [5.74, 6) is 0.108. The second-order valence-electron chi connectivity index (χ2n) is 3.49. The van der Waals surface area contributed by atoms with Crippen molar-refractivity contribution in [1.82, 2.24) is 9.80 Å². The third-order valence-electron chi connectivity index (χ3n) is 2.28. The molecule has 0 spiro atoms. The van der Waals surface area contributed by atoms with Crippen LogP contribution in [0.15, 0.2) is 0 Å². The number of nitrogens with one attached hydrogen (secondary N) is 1. The van der Waals surface area contributed by atoms with Crippen molar-refractivity contribution in [2.75, 3.05) is 20.6 Å². The van der Waals surface area contributed by atoms with Crippen molar-refractivity contribution in [3.63, 3.8) is 0 Å². The van der Waals surface area contributed by atoms with Crippen LogP contribution in [0.2, 0.25) is 0 Å². The van der Waals surface area contributed by atoms with Crippen LogP contribution in [-0.4, -0.2) is 48.3 Å². The van der Waals surface area contributed by atoms with E-state index in [0.29, 0.717) is 13.0 Å². The molecule has 1 atom stereocenters. The lowest BCUT2D eigenvalue weighted by molar-refractivity contribution is 0.162. The summed E-state index contributed by atoms with van der Waals surface area (Å²) in [7, 11) is 3.47. The number of urea groups is 1. The summed E-state index contributed by atoms with van der Waals surface area (Å²) in [6.07, 6.45) is 0.416. The summed E-state index contributed by atoms with van der Waals surface area (Å²) in [5, 5.41) is 7.14. The minimum Gasteiger partial charge on any atom is -0.388 e. The van der Waals surface area contributed by atoms with Gasteiger partial charge in [-0.25, -0.2) is 4.79 Å². The lowest BCUT2D eigenvalue weighted by Gasteiger charge is -2.28. The van der Waals surface area contributed by atoms with Gasteiger partial charge in [0.2, 0.25) is 0 Å². The van der Waals surface area contributed by atoms with E-state index in [9.17, 15) is 4.79 Å². The fraction of sp³-hybridized carbons (Fsp3) is 0.778. The lowest BCUT2D eigenvalue weighted by Crippen LogP contribution is -2.44. The number of nitrogens with zero attached hydrogens (tertiary/aromatic N) is 2. The van der Waals surface area contributed by atoms with Gasteiger partial charge in [0.25, 0.3) is 0 Å². The van der Waals surface area contributed by atoms with E-state index in [1.165, 1.54) is 0 Å². The van der Waals surface area contributed by atoms with Crippen LogP contribution >= 0.6 is 0 Å². The molecule has 5 heteroatoms. The van der Waals surface area contributed by atoms with Gasteiger partial charge in [0.05, 0.1) is 5.84 Å². The summed E-state index contributed by atoms with van der Waals surface area (Å²) < 4.78 is 0. The van der Waals surface area contributed by atoms with Gasteiger partial charge in [0.1, 0.15) is 0 Å². The number of hydrogen-bond acceptors (Lipinski definition) is 2. The molecule has 0 aliphatic rings. The number of rotatable bonds is 4. The summed E-state index contributed by atoms with van der Waals surface area (Å²) >= 11 is 0. The molecule has 0 aromatic rings. The maximum atomic E-state index is 11.6. The molecule has 5 nitrogen and oxygen atoms in total. The smallest absolute Gasteiger partial charge is 0.319 e. The molecule has 1 unspecified atom stereocenters. The van der Waals surface area contributed by atoms with Gasteiger partial charge in [-0.2, -0.15) is 0 Å². The van der Waals surface area contributed by atoms with Gasteiger partial charge < -0.3 is 15.5 Å². The third kappa shape index (κ3) is 3.64. The number of nitrogens with two attached hydrogens (primary N) is 1. The molecule has 2 amide bonds. The minimum atomic E-state index is -0.0405. The molecule has 82 valence electrons. The largest absolute Gasteiger partial charge is 0.388 e. The molecule has 0 bridgehead atoms. The Bertz CT molecular complexity index is 217. The molecule has 14 heavy (non-hydrogen) atoms. The Morgan fingerprint density at radius 1 is 1.50 bits per heavy atom. The Labute approximate surface area is 85.4 Å². The van der Waals surface area contributed by atoms with Gasteiger partial charge in [-0.3, -0.25) is 5.41 Å². The topological polar surface area (TPSA) is 73.4 Å². The fourth-order valence-corrected chi connectivity index (χ4v) is 1.05. The SMILES string of the molecule is CCN(C)C(=O)N(C)C(C)CC(=N)N. The zero-order chi connectivity index (χ0) is 11.3. The highest BCUT2D eigenvalue weighted by Crippen LogP contribution is 2.03. The van der Waals surface area contributed by atoms with E-state index in [-0.39, 0.29) is 17.9 Å². The quantitative estimate of drug-likeness (QED) is 0.518. The van der Waals surface area contributed by atoms with Crippen LogP contribution in [0.3, 0.4) is 0 Å². The molecule has 0 saturated carbocycles. The molecular weight excluding hydrogens is 180 g/mol. The van der Waals surface area contributed by atoms with Crippen LogP contribution in [0.25, 0.3) is 0 Å². The molecule has 0 fully saturated rings. The average molecular weight is 200 g/mol. The normalized spacial score (nSPS) is 12.0. The van der Waals surface area contributed by atoms with E-state index in [4.69, 9.17) is 11.1 Å². The standard InChI is InChI=1S/C9H20N4O/c1-5-12(3)9(14)13(4)7(2)6-8(10)11/h7H,5-6H2,1-4H3,(H3,10,11). The van der Waals surface area contributed by atoms with E-state index >= 15 is 0 Å². The number of carbonyl (C=O) groups is 1. The zero-order valence-corrected chi connectivity index (χ0v) is 9.37. The summed E-state index contributed by atoms with van der Waals surface area (Å²) in [5.41, 5.74) is 5.27. The first-order valence-electron chi connectivity index (χ1n) is 4.71. The van der Waals surface area contributed by atoms with E-state index < -0.39 is 0 Å². The van der Waals surface area contributed by atoms with Crippen molar-refractivity contribution in [2.45, 2.75) is 26.3 Å². The Morgan fingerprint density at radius 2 is 2.00 bits per heavy atom. The molecule has 0 rings (SSSR count). The first kappa shape index (κ1) is 12.7. The highest BCUT2D eigenvalue weighted by Gasteiger charge is 2.18. The van der Waals surface area contributed by atoms with Crippen molar-refractivity contribution in [3.05, 3.63) is 0 Å². The predicted octanol–water partition coefficient (Wildman–Crippen LogP) is 0.704. The van der Waals surface area contributed by atoms with Crippen LogP contribution < -0.4 is 5.73 Å². The maximum Gasteiger partial charge on any atom is 0.319 e. The first-order chi connectivity index (χ1) is 6.40. The molecule has 0 aromatic heterocycles. The van der Waals surface area contributed by atoms with Crippen LogP contribution in [0.5, 0.6) is 0 Å². The van der Waals surface area contributed by atoms with Gasteiger partial charge in [-0.15, -0.1) is 0 Å². The zero-order valence-electron chi connectivity index (χ0n) is 9.37. The van der Waals surface area contributed by atoms with E-state index in [1.54, 1.807) is 23.9 Å². The van der Waals surface area contributed by atoms with E-state index in [2.05, 4.69) is 0 Å². The van der Waals surface area contributed by atoms with Gasteiger partial charge in [-0.1, -0.05) is 0 Å². The second kappa shape index (κ2) is 5.47. The number of hydrogen-bond donors (Lipinski definition) is 2. The molecule has 3 N–H and O–H groups in total. The first-order valence-corrected chi connectivity index (χ1v) is 4.71. The van der Waals surface area contributed by atoms with E-state index in [0.717, 1.165) is 0 Å². The van der Waals surface area contributed by atoms with Crippen molar-refractivity contribution >= 4 is 11.9 Å². The molecule has 0 aliphatic heterocycles. The lowest BCUT2D eigenvalue weighted by atomic mass is 10.2. The van der Waals surface area contributed by atoms with Gasteiger partial charge >= 0.3 is 6.03 Å². The fourth-order valence-electron chi connectivity index (χ4n) is 1.05. The van der Waals surface area contributed by atoms with Gasteiger partial charge in [0, 0.05) is 33.1 Å². The molecular formula is C9H20N4O. The third-order valence-corrected chi connectivity index (χ3v) is 2.28. The van der Waals surface area contributed by atoms with Crippen molar-refractivity contribution < 1.29 is 4.79 Å². The average Bonchev–Trinajstić information content (AvgIpc) is 2.13. The summed E-state index contributed by atoms with van der Waals surface area (Å²) in [4.78, 5) is 14.9. The Morgan fingerprint density at radius 3 is 2.36 bits per heavy atom. The number of amides is 2. The molecule has 0 aromatic carbocycles. The van der Waals surface area contributed by atoms with Gasteiger partial charge in [0.15, 0.2) is 0 Å². The number of carbonyl (C=O) groups excluding carboxylic acids is 1. The van der Waals surface area contributed by atoms with Crippen LogP contribution in [-0.2, 0) is 0 Å². The summed E-state index contributed by atoms with van der Waals surface area (Å²) in [6.45, 7) is 4.47. The van der Waals surface area contributed by atoms with Gasteiger partial charge in [-0.05, 0) is 13.8 Å². The van der Waals surface area contributed by atoms with Crippen LogP contribution in [0.1, 0.15) is 20.3 Å². The maximum absolute atomic E-state index is 11.6. The minimum absolute atomic E-state index is 0.0333. The highest BCUT2D eigenvalue weighted by molar-refractivity contribution is 5.79. The molecule has 0 saturated heterocycles. The molecule has 0 radical (unpaired) electrons. The number of amidine groups is 1. The Balaban J connectivity index is 4.23.